The average molecular weight is 327 g/mol. The number of carbonyl (C=O) groups excluding carboxylic acids is 1. The Morgan fingerprint density at radius 2 is 2.08 bits per heavy atom. The van der Waals surface area contributed by atoms with Crippen LogP contribution in [-0.4, -0.2) is 28.3 Å². The van der Waals surface area contributed by atoms with Crippen LogP contribution in [0.3, 0.4) is 0 Å². The number of carbonyl (C=O) groups is 1. The standard InChI is InChI=1S/C17H21N5O2/c1-10-8-14(22-21-11(10)2)19-17(23)20-16(12-4-5-12)13-6-7-15(24-3)18-9-13/h6-9,12,16H,4-5H2,1-3H3,(H2,19,20,22,23). The number of hydrogen-bond donors (Lipinski definition) is 2. The molecule has 1 atom stereocenters. The third-order valence-electron chi connectivity index (χ3n) is 4.18. The molecule has 0 spiro atoms. The molecule has 2 aromatic rings. The summed E-state index contributed by atoms with van der Waals surface area (Å²) in [7, 11) is 1.58. The maximum absolute atomic E-state index is 12.3. The first-order valence-corrected chi connectivity index (χ1v) is 7.95. The van der Waals surface area contributed by atoms with Crippen molar-refractivity contribution < 1.29 is 9.53 Å². The largest absolute Gasteiger partial charge is 0.481 e. The Bertz CT molecular complexity index is 728. The van der Waals surface area contributed by atoms with Crippen molar-refractivity contribution in [1.82, 2.24) is 20.5 Å². The lowest BCUT2D eigenvalue weighted by atomic mass is 10.0. The number of nitrogens with one attached hydrogen (secondary N) is 2. The molecule has 1 aliphatic carbocycles. The third kappa shape index (κ3) is 3.79. The van der Waals surface area contributed by atoms with Gasteiger partial charge in [0.25, 0.3) is 0 Å². The van der Waals surface area contributed by atoms with E-state index in [-0.39, 0.29) is 12.1 Å². The Balaban J connectivity index is 1.68. The maximum Gasteiger partial charge on any atom is 0.320 e. The number of nitrogens with zero attached hydrogens (tertiary/aromatic N) is 3. The Morgan fingerprint density at radius 1 is 1.29 bits per heavy atom. The summed E-state index contributed by atoms with van der Waals surface area (Å²) in [5, 5.41) is 13.8. The van der Waals surface area contributed by atoms with E-state index >= 15 is 0 Å². The van der Waals surface area contributed by atoms with Gasteiger partial charge in [-0.15, -0.1) is 5.10 Å². The summed E-state index contributed by atoms with van der Waals surface area (Å²) in [6.45, 7) is 3.81. The van der Waals surface area contributed by atoms with Crippen molar-refractivity contribution in [3.63, 3.8) is 0 Å². The van der Waals surface area contributed by atoms with Crippen LogP contribution in [0.15, 0.2) is 24.4 Å². The number of aromatic nitrogens is 3. The van der Waals surface area contributed by atoms with Crippen LogP contribution in [0.1, 0.15) is 35.7 Å². The second-order valence-electron chi connectivity index (χ2n) is 6.05. The summed E-state index contributed by atoms with van der Waals surface area (Å²) in [5.41, 5.74) is 2.80. The minimum absolute atomic E-state index is 0.0667. The van der Waals surface area contributed by atoms with Crippen LogP contribution in [0.4, 0.5) is 10.6 Å². The molecule has 1 saturated carbocycles. The first-order valence-electron chi connectivity index (χ1n) is 7.95. The smallest absolute Gasteiger partial charge is 0.320 e. The molecule has 2 heterocycles. The highest BCUT2D eigenvalue weighted by atomic mass is 16.5. The van der Waals surface area contributed by atoms with Gasteiger partial charge in [-0.1, -0.05) is 6.07 Å². The Morgan fingerprint density at radius 3 is 2.67 bits per heavy atom. The van der Waals surface area contributed by atoms with E-state index in [2.05, 4.69) is 25.8 Å². The molecular weight excluding hydrogens is 306 g/mol. The van der Waals surface area contributed by atoms with E-state index in [1.165, 1.54) is 0 Å². The first-order chi connectivity index (χ1) is 11.6. The number of rotatable bonds is 5. The molecule has 3 rings (SSSR count). The number of anilines is 1. The predicted molar refractivity (Wildman–Crippen MR) is 89.9 cm³/mol. The molecule has 0 bridgehead atoms. The van der Waals surface area contributed by atoms with Gasteiger partial charge in [-0.2, -0.15) is 5.10 Å². The lowest BCUT2D eigenvalue weighted by Gasteiger charge is -2.19. The van der Waals surface area contributed by atoms with Gasteiger partial charge >= 0.3 is 6.03 Å². The van der Waals surface area contributed by atoms with Crippen LogP contribution in [0.5, 0.6) is 5.88 Å². The molecule has 2 N–H and O–H groups in total. The number of methoxy groups -OCH3 is 1. The molecule has 1 fully saturated rings. The quantitative estimate of drug-likeness (QED) is 0.881. The van der Waals surface area contributed by atoms with Gasteiger partial charge in [0, 0.05) is 12.3 Å². The van der Waals surface area contributed by atoms with Crippen molar-refractivity contribution in [2.24, 2.45) is 5.92 Å². The summed E-state index contributed by atoms with van der Waals surface area (Å²) in [4.78, 5) is 16.5. The first kappa shape index (κ1) is 16.2. The summed E-state index contributed by atoms with van der Waals surface area (Å²) in [5.74, 6) is 1.44. The van der Waals surface area contributed by atoms with Gasteiger partial charge in [0.05, 0.1) is 18.8 Å². The van der Waals surface area contributed by atoms with Gasteiger partial charge in [-0.25, -0.2) is 9.78 Å². The van der Waals surface area contributed by atoms with Crippen molar-refractivity contribution in [2.45, 2.75) is 32.7 Å². The predicted octanol–water partition coefficient (Wildman–Crippen LogP) is 2.77. The zero-order valence-corrected chi connectivity index (χ0v) is 14.0. The normalized spacial score (nSPS) is 14.8. The van der Waals surface area contributed by atoms with Gasteiger partial charge in [-0.3, -0.25) is 5.32 Å². The van der Waals surface area contributed by atoms with Crippen molar-refractivity contribution in [1.29, 1.82) is 0 Å². The van der Waals surface area contributed by atoms with E-state index in [0.29, 0.717) is 17.6 Å². The number of pyridine rings is 1. The van der Waals surface area contributed by atoms with Crippen LogP contribution in [0, 0.1) is 19.8 Å². The lowest BCUT2D eigenvalue weighted by Crippen LogP contribution is -2.34. The number of urea groups is 1. The third-order valence-corrected chi connectivity index (χ3v) is 4.18. The fourth-order valence-corrected chi connectivity index (χ4v) is 2.50. The molecule has 126 valence electrons. The molecular formula is C17H21N5O2. The van der Waals surface area contributed by atoms with Crippen LogP contribution in [-0.2, 0) is 0 Å². The van der Waals surface area contributed by atoms with Gasteiger partial charge in [-0.05, 0) is 49.8 Å². The molecule has 7 heteroatoms. The fraction of sp³-hybridized carbons (Fsp3) is 0.412. The van der Waals surface area contributed by atoms with Gasteiger partial charge in [0.2, 0.25) is 5.88 Å². The molecule has 24 heavy (non-hydrogen) atoms. The molecule has 0 aliphatic heterocycles. The Kier molecular flexibility index (Phi) is 4.59. The average Bonchev–Trinajstić information content (AvgIpc) is 3.41. The molecule has 2 aromatic heterocycles. The number of ether oxygens (including phenoxy) is 1. The van der Waals surface area contributed by atoms with E-state index in [1.807, 2.05) is 26.0 Å². The van der Waals surface area contributed by atoms with Crippen molar-refractivity contribution in [3.05, 3.63) is 41.2 Å². The van der Waals surface area contributed by atoms with Gasteiger partial charge in [0.1, 0.15) is 0 Å². The molecule has 0 radical (unpaired) electrons. The Hall–Kier alpha value is -2.70. The zero-order chi connectivity index (χ0) is 17.1. The SMILES string of the molecule is COc1ccc(C(NC(=O)Nc2cc(C)c(C)nn2)C2CC2)cn1. The summed E-state index contributed by atoms with van der Waals surface area (Å²) < 4.78 is 5.08. The highest BCUT2D eigenvalue weighted by Crippen LogP contribution is 2.41. The van der Waals surface area contributed by atoms with E-state index in [9.17, 15) is 4.79 Å². The number of amides is 2. The van der Waals surface area contributed by atoms with E-state index in [0.717, 1.165) is 29.7 Å². The summed E-state index contributed by atoms with van der Waals surface area (Å²) in [6, 6.07) is 5.19. The second-order valence-corrected chi connectivity index (χ2v) is 6.05. The minimum Gasteiger partial charge on any atom is -0.481 e. The van der Waals surface area contributed by atoms with E-state index in [1.54, 1.807) is 19.4 Å². The molecule has 0 aromatic carbocycles. The zero-order valence-electron chi connectivity index (χ0n) is 14.0. The molecule has 0 saturated heterocycles. The lowest BCUT2D eigenvalue weighted by molar-refractivity contribution is 0.247. The monoisotopic (exact) mass is 327 g/mol. The highest BCUT2D eigenvalue weighted by molar-refractivity contribution is 5.88. The molecule has 1 unspecified atom stereocenters. The maximum atomic E-state index is 12.3. The van der Waals surface area contributed by atoms with Crippen molar-refractivity contribution in [3.8, 4) is 5.88 Å². The van der Waals surface area contributed by atoms with Crippen LogP contribution in [0.2, 0.25) is 0 Å². The van der Waals surface area contributed by atoms with E-state index < -0.39 is 0 Å². The van der Waals surface area contributed by atoms with Crippen LogP contribution < -0.4 is 15.4 Å². The van der Waals surface area contributed by atoms with Crippen LogP contribution >= 0.6 is 0 Å². The highest BCUT2D eigenvalue weighted by Gasteiger charge is 2.33. The summed E-state index contributed by atoms with van der Waals surface area (Å²) >= 11 is 0. The van der Waals surface area contributed by atoms with Gasteiger partial charge in [0.15, 0.2) is 5.82 Å². The topological polar surface area (TPSA) is 89.0 Å². The number of hydrogen-bond acceptors (Lipinski definition) is 5. The fourth-order valence-electron chi connectivity index (χ4n) is 2.50. The molecule has 2 amide bonds. The van der Waals surface area contributed by atoms with Crippen molar-refractivity contribution in [2.75, 3.05) is 12.4 Å². The Labute approximate surface area is 140 Å². The van der Waals surface area contributed by atoms with E-state index in [4.69, 9.17) is 4.74 Å². The molecule has 7 nitrogen and oxygen atoms in total. The van der Waals surface area contributed by atoms with Crippen molar-refractivity contribution >= 4 is 11.8 Å². The second kappa shape index (κ2) is 6.82. The summed E-state index contributed by atoms with van der Waals surface area (Å²) in [6.07, 6.45) is 3.94. The number of aryl methyl sites for hydroxylation is 2. The molecule has 1 aliphatic rings. The van der Waals surface area contributed by atoms with Gasteiger partial charge < -0.3 is 10.1 Å². The van der Waals surface area contributed by atoms with Crippen LogP contribution in [0.25, 0.3) is 0 Å². The minimum atomic E-state index is -0.291.